The molecule has 2 aromatic carbocycles. The number of ketones is 1. The van der Waals surface area contributed by atoms with Crippen LogP contribution in [0, 0.1) is 30.1 Å². The Bertz CT molecular complexity index is 1280. The Balaban J connectivity index is 1.22. The second kappa shape index (κ2) is 10.4. The van der Waals surface area contributed by atoms with Gasteiger partial charge in [-0.05, 0) is 105 Å². The van der Waals surface area contributed by atoms with Crippen molar-refractivity contribution >= 4 is 15.8 Å². The van der Waals surface area contributed by atoms with Gasteiger partial charge in [0.1, 0.15) is 11.5 Å². The molecule has 3 aliphatic rings. The van der Waals surface area contributed by atoms with Crippen molar-refractivity contribution in [1.82, 2.24) is 4.72 Å². The SMILES string of the molecule is COc1ccc2c(c1)CCC1[C@@H]2CCC2(C)C(=O)C[C@@H](/C=C/CCCNS(=O)(=O)c3ccc(C)cc3)[C@@H]12. The molecule has 2 fully saturated rings. The van der Waals surface area contributed by atoms with Gasteiger partial charge in [-0.1, -0.05) is 42.8 Å². The van der Waals surface area contributed by atoms with Gasteiger partial charge in [-0.3, -0.25) is 4.79 Å². The number of nitrogens with one attached hydrogen (secondary N) is 1. The van der Waals surface area contributed by atoms with Gasteiger partial charge in [-0.15, -0.1) is 0 Å². The van der Waals surface area contributed by atoms with Gasteiger partial charge in [0.2, 0.25) is 10.0 Å². The Morgan fingerprint density at radius 1 is 1.14 bits per heavy atom. The molecular formula is C31H39NO4S. The molecule has 0 saturated heterocycles. The van der Waals surface area contributed by atoms with E-state index in [2.05, 4.69) is 42.0 Å². The molecule has 6 heteroatoms. The van der Waals surface area contributed by atoms with E-state index in [9.17, 15) is 13.2 Å². The minimum absolute atomic E-state index is 0.218. The summed E-state index contributed by atoms with van der Waals surface area (Å²) in [6.45, 7) is 4.55. The Labute approximate surface area is 221 Å². The molecule has 5 rings (SSSR count). The zero-order valence-corrected chi connectivity index (χ0v) is 23.0. The normalized spacial score (nSPS) is 29.1. The van der Waals surface area contributed by atoms with Crippen LogP contribution >= 0.6 is 0 Å². The summed E-state index contributed by atoms with van der Waals surface area (Å²) in [5.41, 5.74) is 3.69. The molecule has 0 radical (unpaired) electrons. The molecule has 2 aromatic rings. The van der Waals surface area contributed by atoms with Crippen LogP contribution in [0.3, 0.4) is 0 Å². The third-order valence-corrected chi connectivity index (χ3v) is 10.7. The molecule has 5 atom stereocenters. The molecule has 0 amide bonds. The van der Waals surface area contributed by atoms with Crippen molar-refractivity contribution < 1.29 is 17.9 Å². The zero-order valence-electron chi connectivity index (χ0n) is 22.2. The van der Waals surface area contributed by atoms with Crippen LogP contribution in [0.5, 0.6) is 5.75 Å². The average molecular weight is 522 g/mol. The summed E-state index contributed by atoms with van der Waals surface area (Å²) in [4.78, 5) is 13.5. The molecule has 0 heterocycles. The van der Waals surface area contributed by atoms with Gasteiger partial charge in [-0.25, -0.2) is 13.1 Å². The second-order valence-corrected chi connectivity index (χ2v) is 13.2. The summed E-state index contributed by atoms with van der Waals surface area (Å²) in [5, 5.41) is 0. The maximum absolute atomic E-state index is 13.2. The van der Waals surface area contributed by atoms with Gasteiger partial charge in [0.25, 0.3) is 0 Å². The van der Waals surface area contributed by atoms with Gasteiger partial charge in [0, 0.05) is 18.4 Å². The van der Waals surface area contributed by atoms with E-state index in [1.807, 2.05) is 19.1 Å². The molecule has 5 nitrogen and oxygen atoms in total. The summed E-state index contributed by atoms with van der Waals surface area (Å²) in [5.74, 6) is 3.06. The molecule has 0 aliphatic heterocycles. The van der Waals surface area contributed by atoms with Crippen molar-refractivity contribution in [2.24, 2.45) is 23.2 Å². The van der Waals surface area contributed by atoms with E-state index in [1.165, 1.54) is 11.1 Å². The third kappa shape index (κ3) is 5.03. The predicted molar refractivity (Wildman–Crippen MR) is 146 cm³/mol. The maximum Gasteiger partial charge on any atom is 0.240 e. The number of rotatable bonds is 8. The van der Waals surface area contributed by atoms with Crippen LogP contribution < -0.4 is 9.46 Å². The fourth-order valence-corrected chi connectivity index (χ4v) is 8.38. The summed E-state index contributed by atoms with van der Waals surface area (Å²) in [7, 11) is -1.76. The van der Waals surface area contributed by atoms with Gasteiger partial charge in [0.05, 0.1) is 12.0 Å². The molecule has 1 N–H and O–H groups in total. The van der Waals surface area contributed by atoms with Gasteiger partial charge >= 0.3 is 0 Å². The van der Waals surface area contributed by atoms with Gasteiger partial charge in [-0.2, -0.15) is 0 Å². The first-order valence-corrected chi connectivity index (χ1v) is 15.1. The molecule has 0 spiro atoms. The topological polar surface area (TPSA) is 72.5 Å². The van der Waals surface area contributed by atoms with Crippen LogP contribution in [0.4, 0.5) is 0 Å². The summed E-state index contributed by atoms with van der Waals surface area (Å²) in [6, 6.07) is 13.4. The molecule has 2 unspecified atom stereocenters. The number of Topliss-reactive ketones (excluding diaryl/α,β-unsaturated/α-hetero) is 1. The number of sulfonamides is 1. The van der Waals surface area contributed by atoms with E-state index in [-0.39, 0.29) is 11.3 Å². The number of methoxy groups -OCH3 is 1. The molecule has 198 valence electrons. The molecular weight excluding hydrogens is 482 g/mol. The lowest BCUT2D eigenvalue weighted by Gasteiger charge is -2.49. The lowest BCUT2D eigenvalue weighted by Crippen LogP contribution is -2.44. The minimum Gasteiger partial charge on any atom is -0.497 e. The lowest BCUT2D eigenvalue weighted by atomic mass is 9.54. The quantitative estimate of drug-likeness (QED) is 0.343. The molecule has 37 heavy (non-hydrogen) atoms. The Kier molecular flexibility index (Phi) is 7.34. The smallest absolute Gasteiger partial charge is 0.240 e. The van der Waals surface area contributed by atoms with E-state index in [1.54, 1.807) is 19.2 Å². The average Bonchev–Trinajstić information content (AvgIpc) is 3.15. The minimum atomic E-state index is -3.48. The number of allylic oxidation sites excluding steroid dienone is 2. The van der Waals surface area contributed by atoms with Crippen molar-refractivity contribution in [3.63, 3.8) is 0 Å². The van der Waals surface area contributed by atoms with E-state index < -0.39 is 10.0 Å². The first-order chi connectivity index (χ1) is 17.7. The number of carbonyl (C=O) groups is 1. The third-order valence-electron chi connectivity index (χ3n) is 9.26. The molecule has 2 saturated carbocycles. The van der Waals surface area contributed by atoms with Crippen molar-refractivity contribution in [3.8, 4) is 5.75 Å². The van der Waals surface area contributed by atoms with Crippen LogP contribution in [-0.4, -0.2) is 27.9 Å². The monoisotopic (exact) mass is 521 g/mol. The second-order valence-electron chi connectivity index (χ2n) is 11.4. The number of aryl methyl sites for hydroxylation is 2. The number of carbonyl (C=O) groups excluding carboxylic acids is 1. The van der Waals surface area contributed by atoms with Crippen LogP contribution in [-0.2, 0) is 21.2 Å². The Morgan fingerprint density at radius 2 is 1.92 bits per heavy atom. The van der Waals surface area contributed by atoms with Crippen LogP contribution in [0.2, 0.25) is 0 Å². The van der Waals surface area contributed by atoms with Crippen molar-refractivity contribution in [1.29, 1.82) is 0 Å². The number of benzene rings is 2. The van der Waals surface area contributed by atoms with E-state index in [0.717, 1.165) is 49.8 Å². The highest BCUT2D eigenvalue weighted by molar-refractivity contribution is 7.89. The van der Waals surface area contributed by atoms with E-state index in [4.69, 9.17) is 4.74 Å². The van der Waals surface area contributed by atoms with Crippen molar-refractivity contribution in [3.05, 3.63) is 71.3 Å². The number of fused-ring (bicyclic) bond motifs is 5. The van der Waals surface area contributed by atoms with E-state index in [0.29, 0.717) is 41.4 Å². The Hall–Kier alpha value is -2.44. The fraction of sp³-hybridized carbons (Fsp3) is 0.516. The first kappa shape index (κ1) is 26.2. The highest BCUT2D eigenvalue weighted by Gasteiger charge is 2.58. The van der Waals surface area contributed by atoms with E-state index >= 15 is 0 Å². The summed E-state index contributed by atoms with van der Waals surface area (Å²) >= 11 is 0. The van der Waals surface area contributed by atoms with Crippen molar-refractivity contribution in [2.45, 2.75) is 69.6 Å². The van der Waals surface area contributed by atoms with Crippen LogP contribution in [0.15, 0.2) is 59.5 Å². The lowest BCUT2D eigenvalue weighted by molar-refractivity contribution is -0.129. The summed E-state index contributed by atoms with van der Waals surface area (Å²) < 4.78 is 33.2. The predicted octanol–water partition coefficient (Wildman–Crippen LogP) is 5.97. The molecule has 0 bridgehead atoms. The maximum atomic E-state index is 13.2. The Morgan fingerprint density at radius 3 is 2.68 bits per heavy atom. The van der Waals surface area contributed by atoms with Crippen LogP contribution in [0.25, 0.3) is 0 Å². The molecule has 3 aliphatic carbocycles. The zero-order chi connectivity index (χ0) is 26.2. The standard InChI is InChI=1S/C31H39NO4S/c1-21-8-12-25(13-9-21)37(34,35)32-18-6-4-5-7-23-20-29(33)31(2)17-16-27-26-15-11-24(36-3)19-22(26)10-14-28(27)30(23)31/h5,7-9,11-13,15,19,23,27-28,30,32H,4,6,10,14,16-18,20H2,1-3H3/b7-5+/t23-,27-,28?,30+,31?/m1/s1. The van der Waals surface area contributed by atoms with Crippen LogP contribution in [0.1, 0.15) is 68.1 Å². The van der Waals surface area contributed by atoms with Gasteiger partial charge in [0.15, 0.2) is 0 Å². The fourth-order valence-electron chi connectivity index (χ4n) is 7.31. The van der Waals surface area contributed by atoms with Crippen molar-refractivity contribution in [2.75, 3.05) is 13.7 Å². The highest BCUT2D eigenvalue weighted by Crippen LogP contribution is 2.61. The number of unbranched alkanes of at least 4 members (excludes halogenated alkanes) is 1. The number of hydrogen-bond donors (Lipinski definition) is 1. The largest absolute Gasteiger partial charge is 0.497 e. The number of hydrogen-bond acceptors (Lipinski definition) is 4. The molecule has 0 aromatic heterocycles. The number of ether oxygens (including phenoxy) is 1. The highest BCUT2D eigenvalue weighted by atomic mass is 32.2. The first-order valence-electron chi connectivity index (χ1n) is 13.7. The van der Waals surface area contributed by atoms with Gasteiger partial charge < -0.3 is 4.74 Å². The summed E-state index contributed by atoms with van der Waals surface area (Å²) in [6.07, 6.45) is 10.8.